The van der Waals surface area contributed by atoms with Crippen LogP contribution in [0, 0.1) is 0 Å². The first kappa shape index (κ1) is 27.4. The topological polar surface area (TPSA) is 133 Å². The van der Waals surface area contributed by atoms with Crippen LogP contribution in [-0.4, -0.2) is 44.7 Å². The molecule has 3 aromatic carbocycles. The van der Waals surface area contributed by atoms with Gasteiger partial charge in [0.05, 0.1) is 29.8 Å². The van der Waals surface area contributed by atoms with Gasteiger partial charge in [-0.2, -0.15) is 5.21 Å². The number of anilines is 1. The number of carboxylic acids is 1. The van der Waals surface area contributed by atoms with Crippen molar-refractivity contribution in [1.82, 2.24) is 26.1 Å². The number of hydrogen-bond acceptors (Lipinski definition) is 8. The number of hydrogen-bond donors (Lipinski definition) is 3. The van der Waals surface area contributed by atoms with Gasteiger partial charge in [-0.15, -0.1) is 21.5 Å². The van der Waals surface area contributed by atoms with Crippen LogP contribution in [-0.2, 0) is 16.2 Å². The number of benzene rings is 3. The lowest BCUT2D eigenvalue weighted by Crippen LogP contribution is -2.30. The van der Waals surface area contributed by atoms with E-state index in [-0.39, 0.29) is 24.4 Å². The fourth-order valence-electron chi connectivity index (χ4n) is 4.34. The number of H-pyrrole nitrogens is 1. The third kappa shape index (κ3) is 6.55. The Labute approximate surface area is 239 Å². The van der Waals surface area contributed by atoms with Crippen LogP contribution < -0.4 is 10.4 Å². The van der Waals surface area contributed by atoms with Crippen LogP contribution in [0.15, 0.2) is 96.4 Å². The van der Waals surface area contributed by atoms with Gasteiger partial charge in [-0.05, 0) is 57.6 Å². The van der Waals surface area contributed by atoms with Crippen LogP contribution in [0.2, 0.25) is 0 Å². The van der Waals surface area contributed by atoms with Gasteiger partial charge in [0, 0.05) is 17.7 Å². The number of carbonyl (C=O) groups excluding carboxylic acids is 1. The second-order valence-corrected chi connectivity index (χ2v) is 9.87. The van der Waals surface area contributed by atoms with Crippen LogP contribution in [0.5, 0.6) is 0 Å². The molecule has 11 heteroatoms. The molecule has 0 bridgehead atoms. The summed E-state index contributed by atoms with van der Waals surface area (Å²) in [6, 6.07) is 25.8. The number of carbonyl (C=O) groups is 2. The standard InChI is InChI=1S/C30H26N6O4S/c1-40-33-26(27-10-5-17-41-27)15-16-28(37)36(23-7-4-6-22(18-23)30(38)39)19-20-11-13-21(14-12-20)24-8-2-3-9-25(24)29-31-34-35-32-29/h2-15,17-18,33H,16,19H2,1H3,(H,38,39)(H,31,32,34,35). The van der Waals surface area contributed by atoms with E-state index in [2.05, 4.69) is 26.1 Å². The van der Waals surface area contributed by atoms with E-state index in [0.29, 0.717) is 17.2 Å². The van der Waals surface area contributed by atoms with E-state index in [1.807, 2.05) is 66.0 Å². The minimum Gasteiger partial charge on any atom is -0.478 e. The summed E-state index contributed by atoms with van der Waals surface area (Å²) >= 11 is 1.52. The van der Waals surface area contributed by atoms with E-state index in [1.54, 1.807) is 23.1 Å². The molecule has 2 heterocycles. The lowest BCUT2D eigenvalue weighted by atomic mass is 9.98. The van der Waals surface area contributed by atoms with Crippen molar-refractivity contribution >= 4 is 34.6 Å². The SMILES string of the molecule is CONC(=CCC(=O)N(Cc1ccc(-c2ccccc2-c2nn[nH]n2)cc1)c1cccc(C(=O)O)c1)c1cccs1. The molecule has 0 fully saturated rings. The Balaban J connectivity index is 1.43. The summed E-state index contributed by atoms with van der Waals surface area (Å²) in [4.78, 5) is 32.9. The van der Waals surface area contributed by atoms with E-state index in [9.17, 15) is 14.7 Å². The predicted molar refractivity (Wildman–Crippen MR) is 157 cm³/mol. The number of aromatic carboxylic acids is 1. The molecular formula is C30H26N6O4S. The monoisotopic (exact) mass is 566 g/mol. The average molecular weight is 567 g/mol. The van der Waals surface area contributed by atoms with Gasteiger partial charge in [0.1, 0.15) is 0 Å². The van der Waals surface area contributed by atoms with Gasteiger partial charge in [-0.1, -0.05) is 60.7 Å². The molecule has 0 unspecified atom stereocenters. The minimum absolute atomic E-state index is 0.0665. The van der Waals surface area contributed by atoms with Crippen LogP contribution >= 0.6 is 11.3 Å². The quantitative estimate of drug-likeness (QED) is 0.181. The van der Waals surface area contributed by atoms with Crippen LogP contribution in [0.25, 0.3) is 28.2 Å². The summed E-state index contributed by atoms with van der Waals surface area (Å²) in [6.07, 6.45) is 1.83. The predicted octanol–water partition coefficient (Wildman–Crippen LogP) is 5.41. The van der Waals surface area contributed by atoms with Gasteiger partial charge in [-0.25, -0.2) is 4.79 Å². The maximum Gasteiger partial charge on any atom is 0.335 e. The molecule has 10 nitrogen and oxygen atoms in total. The highest BCUT2D eigenvalue weighted by molar-refractivity contribution is 7.11. The largest absolute Gasteiger partial charge is 0.478 e. The van der Waals surface area contributed by atoms with E-state index in [0.717, 1.165) is 27.1 Å². The Morgan fingerprint density at radius 3 is 2.51 bits per heavy atom. The molecule has 0 atom stereocenters. The number of aromatic amines is 1. The zero-order chi connectivity index (χ0) is 28.6. The van der Waals surface area contributed by atoms with E-state index < -0.39 is 5.97 Å². The lowest BCUT2D eigenvalue weighted by Gasteiger charge is -2.23. The lowest BCUT2D eigenvalue weighted by molar-refractivity contribution is -0.117. The molecule has 0 saturated carbocycles. The molecular weight excluding hydrogens is 540 g/mol. The van der Waals surface area contributed by atoms with E-state index in [1.165, 1.54) is 30.6 Å². The highest BCUT2D eigenvalue weighted by atomic mass is 32.1. The Bertz CT molecular complexity index is 1650. The van der Waals surface area contributed by atoms with Gasteiger partial charge >= 0.3 is 5.97 Å². The zero-order valence-electron chi connectivity index (χ0n) is 22.0. The molecule has 5 rings (SSSR count). The molecule has 0 aliphatic rings. The first-order chi connectivity index (χ1) is 20.0. The van der Waals surface area contributed by atoms with E-state index >= 15 is 0 Å². The van der Waals surface area contributed by atoms with Crippen molar-refractivity contribution in [1.29, 1.82) is 0 Å². The number of hydroxylamine groups is 1. The second-order valence-electron chi connectivity index (χ2n) is 8.92. The molecule has 0 spiro atoms. The summed E-state index contributed by atoms with van der Waals surface area (Å²) in [7, 11) is 1.51. The van der Waals surface area contributed by atoms with Gasteiger partial charge in [0.25, 0.3) is 0 Å². The van der Waals surface area contributed by atoms with Crippen molar-refractivity contribution < 1.29 is 19.5 Å². The number of amides is 1. The Hall–Kier alpha value is -5.13. The number of carboxylic acid groups (broad SMARTS) is 1. The number of aromatic nitrogens is 4. The van der Waals surface area contributed by atoms with Crippen molar-refractivity contribution in [3.05, 3.63) is 112 Å². The highest BCUT2D eigenvalue weighted by Gasteiger charge is 2.18. The number of thiophene rings is 1. The minimum atomic E-state index is -1.06. The molecule has 2 aromatic heterocycles. The summed E-state index contributed by atoms with van der Waals surface area (Å²) in [5.74, 6) is -0.767. The Morgan fingerprint density at radius 2 is 1.83 bits per heavy atom. The number of nitrogens with one attached hydrogen (secondary N) is 2. The number of rotatable bonds is 11. The van der Waals surface area contributed by atoms with Gasteiger partial charge in [0.15, 0.2) is 0 Å². The summed E-state index contributed by atoms with van der Waals surface area (Å²) in [6.45, 7) is 0.245. The zero-order valence-corrected chi connectivity index (χ0v) is 22.8. The molecule has 0 aliphatic carbocycles. The van der Waals surface area contributed by atoms with Gasteiger partial charge in [0.2, 0.25) is 11.7 Å². The maximum absolute atomic E-state index is 13.6. The normalized spacial score (nSPS) is 11.3. The Kier molecular flexibility index (Phi) is 8.58. The van der Waals surface area contributed by atoms with Crippen LogP contribution in [0.4, 0.5) is 5.69 Å². The summed E-state index contributed by atoms with van der Waals surface area (Å²) in [5.41, 5.74) is 7.72. The molecule has 0 radical (unpaired) electrons. The van der Waals surface area contributed by atoms with Crippen molar-refractivity contribution in [2.75, 3.05) is 12.0 Å². The molecule has 0 aliphatic heterocycles. The van der Waals surface area contributed by atoms with Gasteiger partial charge in [-0.3, -0.25) is 15.1 Å². The third-order valence-corrected chi connectivity index (χ3v) is 7.21. The maximum atomic E-state index is 13.6. The highest BCUT2D eigenvalue weighted by Crippen LogP contribution is 2.30. The first-order valence-electron chi connectivity index (χ1n) is 12.6. The van der Waals surface area contributed by atoms with Crippen LogP contribution in [0.1, 0.15) is 27.2 Å². The average Bonchev–Trinajstić information content (AvgIpc) is 3.74. The van der Waals surface area contributed by atoms with Crippen molar-refractivity contribution in [2.24, 2.45) is 0 Å². The van der Waals surface area contributed by atoms with E-state index in [4.69, 9.17) is 4.84 Å². The van der Waals surface area contributed by atoms with Crippen LogP contribution in [0.3, 0.4) is 0 Å². The second kappa shape index (κ2) is 12.8. The number of nitrogens with zero attached hydrogens (tertiary/aromatic N) is 4. The molecule has 5 aromatic rings. The molecule has 1 amide bonds. The molecule has 41 heavy (non-hydrogen) atoms. The van der Waals surface area contributed by atoms with Crippen molar-refractivity contribution in [3.8, 4) is 22.5 Å². The van der Waals surface area contributed by atoms with Crippen molar-refractivity contribution in [2.45, 2.75) is 13.0 Å². The molecule has 0 saturated heterocycles. The molecule has 206 valence electrons. The fraction of sp³-hybridized carbons (Fsp3) is 0.100. The number of tetrazole rings is 1. The third-order valence-electron chi connectivity index (χ3n) is 6.30. The molecule has 3 N–H and O–H groups in total. The smallest absolute Gasteiger partial charge is 0.335 e. The summed E-state index contributed by atoms with van der Waals surface area (Å²) in [5, 5.41) is 25.9. The van der Waals surface area contributed by atoms with Gasteiger partial charge < -0.3 is 10.0 Å². The Morgan fingerprint density at radius 1 is 1.02 bits per heavy atom. The summed E-state index contributed by atoms with van der Waals surface area (Å²) < 4.78 is 0. The fourth-order valence-corrected chi connectivity index (χ4v) is 5.06. The first-order valence-corrected chi connectivity index (χ1v) is 13.5. The van der Waals surface area contributed by atoms with Crippen molar-refractivity contribution in [3.63, 3.8) is 0 Å².